The van der Waals surface area contributed by atoms with Crippen LogP contribution in [0.5, 0.6) is 0 Å². The van der Waals surface area contributed by atoms with Crippen LogP contribution in [0.25, 0.3) is 0 Å². The van der Waals surface area contributed by atoms with Crippen LogP contribution in [-0.4, -0.2) is 22.2 Å². The fourth-order valence-corrected chi connectivity index (χ4v) is 1.37. The lowest BCUT2D eigenvalue weighted by Gasteiger charge is -2.10. The molecule has 1 atom stereocenters. The molecule has 0 spiro atoms. The minimum Gasteiger partial charge on any atom is -0.481 e. The van der Waals surface area contributed by atoms with Gasteiger partial charge in [-0.25, -0.2) is 4.39 Å². The molecule has 6 heteroatoms. The molecule has 88 valence electrons. The number of carboxylic acid groups (broad SMARTS) is 2. The highest BCUT2D eigenvalue weighted by molar-refractivity contribution is 5.82. The normalized spacial score (nSPS) is 11.5. The molecule has 1 aromatic rings. The Labute approximate surface area is 95.7 Å². The average Bonchev–Trinajstić information content (AvgIpc) is 2.26. The number of nitriles is 1. The molecule has 1 aromatic carbocycles. The molecule has 17 heavy (non-hydrogen) atoms. The number of nitrogens with zero attached hydrogens (tertiary/aromatic N) is 1. The highest BCUT2D eigenvalue weighted by Crippen LogP contribution is 2.22. The lowest BCUT2D eigenvalue weighted by atomic mass is 9.94. The van der Waals surface area contributed by atoms with Crippen LogP contribution in [0.15, 0.2) is 18.2 Å². The van der Waals surface area contributed by atoms with E-state index >= 15 is 0 Å². The molecule has 0 aromatic heterocycles. The summed E-state index contributed by atoms with van der Waals surface area (Å²) >= 11 is 0. The number of carboxylic acids is 2. The quantitative estimate of drug-likeness (QED) is 0.823. The van der Waals surface area contributed by atoms with Gasteiger partial charge in [-0.15, -0.1) is 0 Å². The van der Waals surface area contributed by atoms with Gasteiger partial charge in [-0.2, -0.15) is 5.26 Å². The Bertz CT molecular complexity index is 507. The molecule has 0 saturated carbocycles. The first-order chi connectivity index (χ1) is 7.95. The lowest BCUT2D eigenvalue weighted by molar-refractivity contribution is -0.145. The van der Waals surface area contributed by atoms with Gasteiger partial charge in [0, 0.05) is 0 Å². The average molecular weight is 237 g/mol. The van der Waals surface area contributed by atoms with E-state index in [0.717, 1.165) is 18.2 Å². The molecule has 0 amide bonds. The number of rotatable bonds is 4. The van der Waals surface area contributed by atoms with Gasteiger partial charge in [0.1, 0.15) is 11.9 Å². The third-order valence-electron chi connectivity index (χ3n) is 2.19. The Morgan fingerprint density at radius 2 is 2.06 bits per heavy atom. The number of hydrogen-bond acceptors (Lipinski definition) is 3. The van der Waals surface area contributed by atoms with Crippen LogP contribution in [0, 0.1) is 17.1 Å². The molecule has 2 N–H and O–H groups in total. The summed E-state index contributed by atoms with van der Waals surface area (Å²) < 4.78 is 13.0. The molecule has 0 radical (unpaired) electrons. The zero-order chi connectivity index (χ0) is 13.0. The molecule has 0 aliphatic carbocycles. The summed E-state index contributed by atoms with van der Waals surface area (Å²) in [6.07, 6.45) is -0.619. The van der Waals surface area contributed by atoms with Crippen LogP contribution in [-0.2, 0) is 9.59 Å². The predicted octanol–water partition coefficient (Wildman–Crippen LogP) is 1.34. The van der Waals surface area contributed by atoms with E-state index < -0.39 is 30.1 Å². The zero-order valence-electron chi connectivity index (χ0n) is 8.55. The van der Waals surface area contributed by atoms with Gasteiger partial charge >= 0.3 is 11.9 Å². The largest absolute Gasteiger partial charge is 0.481 e. The summed E-state index contributed by atoms with van der Waals surface area (Å²) in [4.78, 5) is 21.4. The van der Waals surface area contributed by atoms with Crippen molar-refractivity contribution in [1.82, 2.24) is 0 Å². The summed E-state index contributed by atoms with van der Waals surface area (Å²) in [5.41, 5.74) is -0.211. The monoisotopic (exact) mass is 237 g/mol. The molecule has 0 fully saturated rings. The number of halogens is 1. The van der Waals surface area contributed by atoms with Gasteiger partial charge in [0.15, 0.2) is 0 Å². The first kappa shape index (κ1) is 12.6. The highest BCUT2D eigenvalue weighted by atomic mass is 19.1. The third-order valence-corrected chi connectivity index (χ3v) is 2.19. The Morgan fingerprint density at radius 3 is 2.53 bits per heavy atom. The molecular weight excluding hydrogens is 229 g/mol. The van der Waals surface area contributed by atoms with Crippen LogP contribution in [0.3, 0.4) is 0 Å². The van der Waals surface area contributed by atoms with Gasteiger partial charge in [-0.3, -0.25) is 9.59 Å². The summed E-state index contributed by atoms with van der Waals surface area (Å²) in [6.45, 7) is 0. The molecule has 5 nitrogen and oxygen atoms in total. The molecule has 0 saturated heterocycles. The molecule has 1 rings (SSSR count). The van der Waals surface area contributed by atoms with Crippen molar-refractivity contribution in [2.24, 2.45) is 0 Å². The highest BCUT2D eigenvalue weighted by Gasteiger charge is 2.23. The van der Waals surface area contributed by atoms with Crippen molar-refractivity contribution >= 4 is 11.9 Å². The smallest absolute Gasteiger partial charge is 0.311 e. The van der Waals surface area contributed by atoms with E-state index in [1.165, 1.54) is 0 Å². The van der Waals surface area contributed by atoms with E-state index in [1.807, 2.05) is 0 Å². The summed E-state index contributed by atoms with van der Waals surface area (Å²) in [6, 6.07) is 4.73. The Kier molecular flexibility index (Phi) is 3.78. The number of benzene rings is 1. The van der Waals surface area contributed by atoms with E-state index in [9.17, 15) is 14.0 Å². The Balaban J connectivity index is 3.16. The van der Waals surface area contributed by atoms with Gasteiger partial charge in [-0.1, -0.05) is 6.07 Å². The fourth-order valence-electron chi connectivity index (χ4n) is 1.37. The minimum atomic E-state index is -1.33. The topological polar surface area (TPSA) is 98.4 Å². The maximum absolute atomic E-state index is 13.0. The van der Waals surface area contributed by atoms with Crippen molar-refractivity contribution < 1.29 is 24.2 Å². The summed E-state index contributed by atoms with van der Waals surface area (Å²) in [7, 11) is 0. The van der Waals surface area contributed by atoms with E-state index in [1.54, 1.807) is 6.07 Å². The van der Waals surface area contributed by atoms with Gasteiger partial charge in [0.25, 0.3) is 0 Å². The molecule has 0 aliphatic heterocycles. The van der Waals surface area contributed by atoms with Gasteiger partial charge in [-0.05, 0) is 17.7 Å². The van der Waals surface area contributed by atoms with Gasteiger partial charge < -0.3 is 10.2 Å². The lowest BCUT2D eigenvalue weighted by Crippen LogP contribution is -2.16. The minimum absolute atomic E-state index is 0.0952. The standard InChI is InChI=1S/C11H8FNO4/c12-9-2-1-6(3-7(9)5-13)8(11(16)17)4-10(14)15/h1-3,8H,4H2,(H,14,15)(H,16,17). The van der Waals surface area contributed by atoms with Crippen molar-refractivity contribution in [3.8, 4) is 6.07 Å². The van der Waals surface area contributed by atoms with Crippen molar-refractivity contribution in [3.05, 3.63) is 35.1 Å². The number of aliphatic carboxylic acids is 2. The van der Waals surface area contributed by atoms with E-state index in [-0.39, 0.29) is 11.1 Å². The Morgan fingerprint density at radius 1 is 1.41 bits per heavy atom. The maximum Gasteiger partial charge on any atom is 0.311 e. The predicted molar refractivity (Wildman–Crippen MR) is 53.7 cm³/mol. The molecule has 0 bridgehead atoms. The van der Waals surface area contributed by atoms with Crippen LogP contribution in [0.4, 0.5) is 4.39 Å². The number of hydrogen-bond donors (Lipinski definition) is 2. The molecule has 0 heterocycles. The fraction of sp³-hybridized carbons (Fsp3) is 0.182. The van der Waals surface area contributed by atoms with E-state index in [4.69, 9.17) is 15.5 Å². The first-order valence-corrected chi connectivity index (χ1v) is 4.60. The zero-order valence-corrected chi connectivity index (χ0v) is 8.55. The van der Waals surface area contributed by atoms with Crippen molar-refractivity contribution in [2.75, 3.05) is 0 Å². The number of carbonyl (C=O) groups is 2. The summed E-state index contributed by atoms with van der Waals surface area (Å²) in [5, 5.41) is 26.0. The third kappa shape index (κ3) is 3.01. The molecule has 0 aliphatic rings. The van der Waals surface area contributed by atoms with Crippen LogP contribution < -0.4 is 0 Å². The van der Waals surface area contributed by atoms with Crippen molar-refractivity contribution in [2.45, 2.75) is 12.3 Å². The Hall–Kier alpha value is -2.42. The SMILES string of the molecule is N#Cc1cc(C(CC(=O)O)C(=O)O)ccc1F. The van der Waals surface area contributed by atoms with Crippen LogP contribution >= 0.6 is 0 Å². The molecular formula is C11H8FNO4. The maximum atomic E-state index is 13.0. The van der Waals surface area contributed by atoms with Gasteiger partial charge in [0.05, 0.1) is 17.9 Å². The van der Waals surface area contributed by atoms with Crippen LogP contribution in [0.2, 0.25) is 0 Å². The van der Waals surface area contributed by atoms with Gasteiger partial charge in [0.2, 0.25) is 0 Å². The second kappa shape index (κ2) is 5.07. The van der Waals surface area contributed by atoms with E-state index in [2.05, 4.69) is 0 Å². The second-order valence-electron chi connectivity index (χ2n) is 3.34. The molecule has 1 unspecified atom stereocenters. The van der Waals surface area contributed by atoms with Crippen molar-refractivity contribution in [3.63, 3.8) is 0 Å². The second-order valence-corrected chi connectivity index (χ2v) is 3.34. The van der Waals surface area contributed by atoms with Crippen LogP contribution in [0.1, 0.15) is 23.5 Å². The van der Waals surface area contributed by atoms with E-state index in [0.29, 0.717) is 0 Å². The van der Waals surface area contributed by atoms with Crippen molar-refractivity contribution in [1.29, 1.82) is 5.26 Å². The first-order valence-electron chi connectivity index (χ1n) is 4.60. The summed E-state index contributed by atoms with van der Waals surface area (Å²) in [5.74, 6) is -4.67.